The molecule has 5 nitrogen and oxygen atoms in total. The summed E-state index contributed by atoms with van der Waals surface area (Å²) in [6.07, 6.45) is 0.972. The van der Waals surface area contributed by atoms with Crippen LogP contribution in [-0.2, 0) is 6.54 Å². The van der Waals surface area contributed by atoms with E-state index in [2.05, 4.69) is 24.0 Å². The van der Waals surface area contributed by atoms with E-state index in [0.29, 0.717) is 22.1 Å². The minimum atomic E-state index is -0.0141. The van der Waals surface area contributed by atoms with Gasteiger partial charge in [-0.05, 0) is 36.7 Å². The first-order valence-corrected chi connectivity index (χ1v) is 6.57. The van der Waals surface area contributed by atoms with Crippen LogP contribution in [0.4, 0.5) is 0 Å². The molecular formula is C13H17N3O2S. The smallest absolute Gasteiger partial charge is 0.195 e. The van der Waals surface area contributed by atoms with E-state index in [0.717, 1.165) is 13.0 Å². The average Bonchev–Trinajstić information content (AvgIpc) is 2.68. The van der Waals surface area contributed by atoms with Gasteiger partial charge in [-0.2, -0.15) is 5.10 Å². The molecular weight excluding hydrogens is 262 g/mol. The Balaban J connectivity index is 2.42. The maximum absolute atomic E-state index is 9.89. The Morgan fingerprint density at radius 2 is 2.11 bits per heavy atom. The normalized spacial score (nSPS) is 11.1. The minimum absolute atomic E-state index is 0.0141. The number of phenols is 2. The Kier molecular flexibility index (Phi) is 3.90. The number of aromatic hydroxyl groups is 2. The predicted octanol–water partition coefficient (Wildman–Crippen LogP) is 3.06. The highest BCUT2D eigenvalue weighted by Gasteiger charge is 2.13. The number of phenolic OH excluding ortho intramolecular Hbond substituents is 2. The molecule has 2 aromatic rings. The lowest BCUT2D eigenvalue weighted by Gasteiger charge is -2.10. The third kappa shape index (κ3) is 2.96. The van der Waals surface area contributed by atoms with Gasteiger partial charge in [-0.25, -0.2) is 0 Å². The van der Waals surface area contributed by atoms with E-state index >= 15 is 0 Å². The van der Waals surface area contributed by atoms with Gasteiger partial charge in [0.15, 0.2) is 10.6 Å². The second kappa shape index (κ2) is 5.44. The van der Waals surface area contributed by atoms with Gasteiger partial charge in [-0.1, -0.05) is 13.8 Å². The molecule has 0 spiro atoms. The molecule has 0 aliphatic heterocycles. The van der Waals surface area contributed by atoms with Crippen molar-refractivity contribution in [1.82, 2.24) is 14.8 Å². The van der Waals surface area contributed by atoms with Crippen molar-refractivity contribution in [3.05, 3.63) is 23.0 Å². The van der Waals surface area contributed by atoms with Crippen molar-refractivity contribution in [3.8, 4) is 22.9 Å². The number of nitrogens with zero attached hydrogens (tertiary/aromatic N) is 2. The Hall–Kier alpha value is -1.82. The lowest BCUT2D eigenvalue weighted by molar-refractivity contribution is 0.451. The van der Waals surface area contributed by atoms with Crippen molar-refractivity contribution in [2.75, 3.05) is 0 Å². The van der Waals surface area contributed by atoms with Crippen LogP contribution in [0.15, 0.2) is 18.2 Å². The van der Waals surface area contributed by atoms with Gasteiger partial charge in [0.1, 0.15) is 11.5 Å². The maximum atomic E-state index is 9.89. The SMILES string of the molecule is CC(C)CCn1c(-c2ccc(O)cc2O)n[nH]c1=S. The molecule has 0 atom stereocenters. The van der Waals surface area contributed by atoms with Crippen molar-refractivity contribution in [1.29, 1.82) is 0 Å². The first-order chi connectivity index (χ1) is 8.99. The zero-order chi connectivity index (χ0) is 14.0. The number of nitrogens with one attached hydrogen (secondary N) is 1. The highest BCUT2D eigenvalue weighted by molar-refractivity contribution is 7.71. The summed E-state index contributed by atoms with van der Waals surface area (Å²) in [5.74, 6) is 1.14. The topological polar surface area (TPSA) is 74.1 Å². The van der Waals surface area contributed by atoms with Crippen molar-refractivity contribution >= 4 is 12.2 Å². The van der Waals surface area contributed by atoms with Crippen LogP contribution in [0.25, 0.3) is 11.4 Å². The minimum Gasteiger partial charge on any atom is -0.508 e. The summed E-state index contributed by atoms with van der Waals surface area (Å²) in [4.78, 5) is 0. The lowest BCUT2D eigenvalue weighted by Crippen LogP contribution is -2.04. The molecule has 0 radical (unpaired) electrons. The van der Waals surface area contributed by atoms with Gasteiger partial charge >= 0.3 is 0 Å². The highest BCUT2D eigenvalue weighted by Crippen LogP contribution is 2.31. The number of hydrogen-bond acceptors (Lipinski definition) is 4. The van der Waals surface area contributed by atoms with Gasteiger partial charge in [0, 0.05) is 12.6 Å². The molecule has 1 heterocycles. The van der Waals surface area contributed by atoms with E-state index < -0.39 is 0 Å². The second-order valence-corrected chi connectivity index (χ2v) is 5.27. The summed E-state index contributed by atoms with van der Waals surface area (Å²) in [5, 5.41) is 26.1. The largest absolute Gasteiger partial charge is 0.508 e. The first kappa shape index (κ1) is 13.6. The van der Waals surface area contributed by atoms with E-state index in [1.54, 1.807) is 6.07 Å². The van der Waals surface area contributed by atoms with Gasteiger partial charge in [-0.15, -0.1) is 0 Å². The lowest BCUT2D eigenvalue weighted by atomic mass is 10.1. The number of aromatic amines is 1. The van der Waals surface area contributed by atoms with Gasteiger partial charge in [0.2, 0.25) is 0 Å². The van der Waals surface area contributed by atoms with Crippen LogP contribution in [0.1, 0.15) is 20.3 Å². The zero-order valence-electron chi connectivity index (χ0n) is 10.9. The average molecular weight is 279 g/mol. The van der Waals surface area contributed by atoms with Crippen LogP contribution in [0.5, 0.6) is 11.5 Å². The van der Waals surface area contributed by atoms with Crippen LogP contribution in [0, 0.1) is 10.7 Å². The molecule has 3 N–H and O–H groups in total. The zero-order valence-corrected chi connectivity index (χ0v) is 11.7. The first-order valence-electron chi connectivity index (χ1n) is 6.16. The third-order valence-corrected chi connectivity index (χ3v) is 3.22. The quantitative estimate of drug-likeness (QED) is 0.752. The number of hydrogen-bond donors (Lipinski definition) is 3. The second-order valence-electron chi connectivity index (χ2n) is 4.89. The molecule has 0 aliphatic carbocycles. The molecule has 2 rings (SSSR count). The molecule has 0 saturated heterocycles. The summed E-state index contributed by atoms with van der Waals surface area (Å²) in [5.41, 5.74) is 0.550. The molecule has 0 unspecified atom stereocenters. The Labute approximate surface area is 116 Å². The Morgan fingerprint density at radius 3 is 2.74 bits per heavy atom. The van der Waals surface area contributed by atoms with E-state index in [1.807, 2.05) is 4.57 Å². The summed E-state index contributed by atoms with van der Waals surface area (Å²) < 4.78 is 2.39. The standard InChI is InChI=1S/C13H17N3O2S/c1-8(2)5-6-16-12(14-15-13(16)19)10-4-3-9(17)7-11(10)18/h3-4,7-8,17-18H,5-6H2,1-2H3,(H,15,19). The fourth-order valence-electron chi connectivity index (χ4n) is 1.83. The molecule has 0 aliphatic rings. The van der Waals surface area contributed by atoms with Gasteiger partial charge in [0.25, 0.3) is 0 Å². The molecule has 0 saturated carbocycles. The van der Waals surface area contributed by atoms with E-state index in [1.165, 1.54) is 12.1 Å². The molecule has 0 amide bonds. The fourth-order valence-corrected chi connectivity index (χ4v) is 2.05. The van der Waals surface area contributed by atoms with Crippen LogP contribution < -0.4 is 0 Å². The van der Waals surface area contributed by atoms with Crippen molar-refractivity contribution in [2.24, 2.45) is 5.92 Å². The molecule has 1 aromatic carbocycles. The Bertz CT molecular complexity index is 631. The van der Waals surface area contributed by atoms with E-state index in [4.69, 9.17) is 12.2 Å². The predicted molar refractivity (Wildman–Crippen MR) is 75.6 cm³/mol. The molecule has 0 fully saturated rings. The van der Waals surface area contributed by atoms with Gasteiger partial charge in [-0.3, -0.25) is 5.10 Å². The van der Waals surface area contributed by atoms with E-state index in [9.17, 15) is 10.2 Å². The highest BCUT2D eigenvalue weighted by atomic mass is 32.1. The Morgan fingerprint density at radius 1 is 1.37 bits per heavy atom. The van der Waals surface area contributed by atoms with Crippen LogP contribution in [0.2, 0.25) is 0 Å². The monoisotopic (exact) mass is 279 g/mol. The maximum Gasteiger partial charge on any atom is 0.195 e. The molecule has 19 heavy (non-hydrogen) atoms. The number of benzene rings is 1. The molecule has 1 aromatic heterocycles. The van der Waals surface area contributed by atoms with Crippen molar-refractivity contribution in [3.63, 3.8) is 0 Å². The van der Waals surface area contributed by atoms with Gasteiger partial charge in [0.05, 0.1) is 5.56 Å². The van der Waals surface area contributed by atoms with Crippen LogP contribution in [0.3, 0.4) is 0 Å². The van der Waals surface area contributed by atoms with Crippen LogP contribution >= 0.6 is 12.2 Å². The van der Waals surface area contributed by atoms with Crippen LogP contribution in [-0.4, -0.2) is 25.0 Å². The summed E-state index contributed by atoms with van der Waals surface area (Å²) >= 11 is 5.21. The van der Waals surface area contributed by atoms with Gasteiger partial charge < -0.3 is 14.8 Å². The summed E-state index contributed by atoms with van der Waals surface area (Å²) in [6.45, 7) is 5.02. The number of H-pyrrole nitrogens is 1. The molecule has 0 bridgehead atoms. The number of aromatic nitrogens is 3. The number of rotatable bonds is 4. The van der Waals surface area contributed by atoms with Crippen molar-refractivity contribution in [2.45, 2.75) is 26.8 Å². The summed E-state index contributed by atoms with van der Waals surface area (Å²) in [7, 11) is 0. The molecule has 102 valence electrons. The third-order valence-electron chi connectivity index (χ3n) is 2.91. The van der Waals surface area contributed by atoms with E-state index in [-0.39, 0.29) is 11.5 Å². The fraction of sp³-hybridized carbons (Fsp3) is 0.385. The molecule has 6 heteroatoms. The van der Waals surface area contributed by atoms with Crippen molar-refractivity contribution < 1.29 is 10.2 Å². The summed E-state index contributed by atoms with van der Waals surface area (Å²) in [6, 6.07) is 4.43.